The number of carbonyl (C=O) groups is 1. The van der Waals surface area contributed by atoms with Gasteiger partial charge in [0.25, 0.3) is 0 Å². The Labute approximate surface area is 119 Å². The molecule has 5 heteroatoms. The van der Waals surface area contributed by atoms with E-state index in [9.17, 15) is 4.79 Å². The summed E-state index contributed by atoms with van der Waals surface area (Å²) in [6, 6.07) is 5.67. The number of carboxylic acid groups (broad SMARTS) is 1. The minimum atomic E-state index is -1.22. The average molecular weight is 281 g/mol. The molecule has 0 saturated heterocycles. The van der Waals surface area contributed by atoms with E-state index in [0.29, 0.717) is 24.3 Å². The molecular weight excluding hydrogens is 258 g/mol. The van der Waals surface area contributed by atoms with Gasteiger partial charge in [0.05, 0.1) is 14.2 Å². The summed E-state index contributed by atoms with van der Waals surface area (Å²) >= 11 is 0. The highest BCUT2D eigenvalue weighted by Crippen LogP contribution is 2.33. The van der Waals surface area contributed by atoms with Crippen molar-refractivity contribution in [3.63, 3.8) is 0 Å². The fraction of sp³-hybridized carbons (Fsp3) is 0.533. The van der Waals surface area contributed by atoms with E-state index >= 15 is 0 Å². The van der Waals surface area contributed by atoms with Crippen molar-refractivity contribution in [3.8, 4) is 11.5 Å². The number of nitrogens with two attached hydrogens (primary N) is 1. The summed E-state index contributed by atoms with van der Waals surface area (Å²) in [4.78, 5) is 11.1. The summed E-state index contributed by atoms with van der Waals surface area (Å²) < 4.78 is 10.6. The fourth-order valence-electron chi connectivity index (χ4n) is 2.37. The first-order valence-electron chi connectivity index (χ1n) is 6.54. The van der Waals surface area contributed by atoms with Crippen molar-refractivity contribution >= 4 is 5.97 Å². The number of aliphatic carboxylic acids is 1. The van der Waals surface area contributed by atoms with Crippen molar-refractivity contribution in [3.05, 3.63) is 23.8 Å². The predicted molar refractivity (Wildman–Crippen MR) is 77.3 cm³/mol. The SMILES string of the molecule is COc1cccc(CC(C)CC(C)(N)C(=O)O)c1OC. The van der Waals surface area contributed by atoms with E-state index < -0.39 is 11.5 Å². The smallest absolute Gasteiger partial charge is 0.323 e. The first-order chi connectivity index (χ1) is 9.31. The molecule has 112 valence electrons. The van der Waals surface area contributed by atoms with Crippen molar-refractivity contribution in [1.82, 2.24) is 0 Å². The largest absolute Gasteiger partial charge is 0.493 e. The molecule has 0 aliphatic heterocycles. The Morgan fingerprint density at radius 1 is 1.40 bits per heavy atom. The summed E-state index contributed by atoms with van der Waals surface area (Å²) in [5.74, 6) is 0.492. The standard InChI is InChI=1S/C15H23NO4/c1-10(9-15(2,16)14(17)18)8-11-6-5-7-12(19-3)13(11)20-4/h5-7,10H,8-9,16H2,1-4H3,(H,17,18). The molecule has 0 fully saturated rings. The molecular formula is C15H23NO4. The third-order valence-electron chi connectivity index (χ3n) is 3.31. The molecule has 0 amide bonds. The average Bonchev–Trinajstić information content (AvgIpc) is 2.37. The Morgan fingerprint density at radius 3 is 2.55 bits per heavy atom. The molecule has 2 atom stereocenters. The van der Waals surface area contributed by atoms with Crippen LogP contribution >= 0.6 is 0 Å². The number of hydrogen-bond acceptors (Lipinski definition) is 4. The van der Waals surface area contributed by atoms with Gasteiger partial charge < -0.3 is 20.3 Å². The van der Waals surface area contributed by atoms with E-state index in [-0.39, 0.29) is 5.92 Å². The summed E-state index contributed by atoms with van der Waals surface area (Å²) in [6.45, 7) is 3.52. The highest BCUT2D eigenvalue weighted by atomic mass is 16.5. The lowest BCUT2D eigenvalue weighted by atomic mass is 9.87. The lowest BCUT2D eigenvalue weighted by molar-refractivity contribution is -0.143. The van der Waals surface area contributed by atoms with E-state index in [2.05, 4.69) is 0 Å². The molecule has 1 aromatic carbocycles. The highest BCUT2D eigenvalue weighted by molar-refractivity contribution is 5.77. The van der Waals surface area contributed by atoms with E-state index in [4.69, 9.17) is 20.3 Å². The molecule has 0 spiro atoms. The van der Waals surface area contributed by atoms with Gasteiger partial charge in [-0.3, -0.25) is 4.79 Å². The van der Waals surface area contributed by atoms with Gasteiger partial charge in [-0.05, 0) is 37.3 Å². The Kier molecular flexibility index (Phi) is 5.39. The molecule has 0 bridgehead atoms. The van der Waals surface area contributed by atoms with E-state index in [0.717, 1.165) is 5.56 Å². The number of ether oxygens (including phenoxy) is 2. The van der Waals surface area contributed by atoms with Crippen LogP contribution in [0.2, 0.25) is 0 Å². The zero-order valence-electron chi connectivity index (χ0n) is 12.5. The zero-order valence-corrected chi connectivity index (χ0v) is 12.5. The van der Waals surface area contributed by atoms with Gasteiger partial charge in [0.1, 0.15) is 5.54 Å². The van der Waals surface area contributed by atoms with Crippen LogP contribution < -0.4 is 15.2 Å². The first kappa shape index (κ1) is 16.3. The molecule has 0 aromatic heterocycles. The van der Waals surface area contributed by atoms with Crippen LogP contribution in [0.1, 0.15) is 25.8 Å². The third-order valence-corrected chi connectivity index (χ3v) is 3.31. The molecule has 0 aliphatic rings. The maximum absolute atomic E-state index is 11.1. The quantitative estimate of drug-likeness (QED) is 0.799. The van der Waals surface area contributed by atoms with Gasteiger partial charge in [0.15, 0.2) is 11.5 Å². The predicted octanol–water partition coefficient (Wildman–Crippen LogP) is 2.07. The molecule has 20 heavy (non-hydrogen) atoms. The Hall–Kier alpha value is -1.75. The minimum absolute atomic E-state index is 0.113. The molecule has 1 rings (SSSR count). The van der Waals surface area contributed by atoms with Crippen molar-refractivity contribution < 1.29 is 19.4 Å². The summed E-state index contributed by atoms with van der Waals surface area (Å²) in [5.41, 5.74) is 5.56. The molecule has 5 nitrogen and oxygen atoms in total. The number of para-hydroxylation sites is 1. The molecule has 1 aromatic rings. The zero-order chi connectivity index (χ0) is 15.3. The van der Waals surface area contributed by atoms with Gasteiger partial charge in [0.2, 0.25) is 0 Å². The highest BCUT2D eigenvalue weighted by Gasteiger charge is 2.30. The number of hydrogen-bond donors (Lipinski definition) is 2. The van der Waals surface area contributed by atoms with Gasteiger partial charge in [-0.25, -0.2) is 0 Å². The maximum Gasteiger partial charge on any atom is 0.323 e. The topological polar surface area (TPSA) is 81.8 Å². The number of benzene rings is 1. The number of methoxy groups -OCH3 is 2. The van der Waals surface area contributed by atoms with Gasteiger partial charge in [-0.2, -0.15) is 0 Å². The van der Waals surface area contributed by atoms with Crippen LogP contribution in [0.5, 0.6) is 11.5 Å². The van der Waals surface area contributed by atoms with Crippen LogP contribution in [-0.4, -0.2) is 30.8 Å². The maximum atomic E-state index is 11.1. The van der Waals surface area contributed by atoms with Gasteiger partial charge in [-0.15, -0.1) is 0 Å². The molecule has 0 radical (unpaired) electrons. The summed E-state index contributed by atoms with van der Waals surface area (Å²) in [6.07, 6.45) is 1.07. The van der Waals surface area contributed by atoms with Crippen LogP contribution in [0, 0.1) is 5.92 Å². The second-order valence-corrected chi connectivity index (χ2v) is 5.39. The van der Waals surface area contributed by atoms with Gasteiger partial charge >= 0.3 is 5.97 Å². The Morgan fingerprint density at radius 2 is 2.05 bits per heavy atom. The molecule has 2 unspecified atom stereocenters. The van der Waals surface area contributed by atoms with Crippen LogP contribution in [0.3, 0.4) is 0 Å². The van der Waals surface area contributed by atoms with Crippen LogP contribution in [0.15, 0.2) is 18.2 Å². The van der Waals surface area contributed by atoms with E-state index in [1.165, 1.54) is 6.92 Å². The minimum Gasteiger partial charge on any atom is -0.493 e. The molecule has 0 aliphatic carbocycles. The monoisotopic (exact) mass is 281 g/mol. The van der Waals surface area contributed by atoms with Crippen LogP contribution in [-0.2, 0) is 11.2 Å². The van der Waals surface area contributed by atoms with Crippen molar-refractivity contribution in [2.24, 2.45) is 11.7 Å². The van der Waals surface area contributed by atoms with Gasteiger partial charge in [-0.1, -0.05) is 19.1 Å². The lowest BCUT2D eigenvalue weighted by Crippen LogP contribution is -2.46. The van der Waals surface area contributed by atoms with Gasteiger partial charge in [0, 0.05) is 0 Å². The molecule has 0 heterocycles. The lowest BCUT2D eigenvalue weighted by Gasteiger charge is -2.24. The number of rotatable bonds is 7. The Balaban J connectivity index is 2.86. The summed E-state index contributed by atoms with van der Waals surface area (Å²) in [5, 5.41) is 9.07. The fourth-order valence-corrected chi connectivity index (χ4v) is 2.37. The second kappa shape index (κ2) is 6.61. The first-order valence-corrected chi connectivity index (χ1v) is 6.54. The Bertz CT molecular complexity index is 471. The normalized spacial score (nSPS) is 15.2. The number of carboxylic acids is 1. The van der Waals surface area contributed by atoms with E-state index in [1.54, 1.807) is 14.2 Å². The third kappa shape index (κ3) is 3.87. The van der Waals surface area contributed by atoms with Crippen LogP contribution in [0.4, 0.5) is 0 Å². The van der Waals surface area contributed by atoms with Crippen molar-refractivity contribution in [2.75, 3.05) is 14.2 Å². The second-order valence-electron chi connectivity index (χ2n) is 5.39. The molecule has 0 saturated carbocycles. The van der Waals surface area contributed by atoms with Crippen molar-refractivity contribution in [1.29, 1.82) is 0 Å². The molecule has 3 N–H and O–H groups in total. The van der Waals surface area contributed by atoms with E-state index in [1.807, 2.05) is 25.1 Å². The van der Waals surface area contributed by atoms with Crippen LogP contribution in [0.25, 0.3) is 0 Å². The summed E-state index contributed by atoms with van der Waals surface area (Å²) in [7, 11) is 3.18. The van der Waals surface area contributed by atoms with Crippen molar-refractivity contribution in [2.45, 2.75) is 32.2 Å².